The number of anilines is 1. The van der Waals surface area contributed by atoms with E-state index in [1.807, 2.05) is 24.3 Å². The molecule has 5 nitrogen and oxygen atoms in total. The van der Waals surface area contributed by atoms with E-state index in [2.05, 4.69) is 15.0 Å². The zero-order valence-corrected chi connectivity index (χ0v) is 14.7. The summed E-state index contributed by atoms with van der Waals surface area (Å²) in [6, 6.07) is 9.11. The molecule has 0 aliphatic rings. The first-order valence-electron chi connectivity index (χ1n) is 7.27. The molecule has 0 radical (unpaired) electrons. The molecule has 23 heavy (non-hydrogen) atoms. The Morgan fingerprint density at radius 3 is 2.52 bits per heavy atom. The van der Waals surface area contributed by atoms with Gasteiger partial charge in [0.1, 0.15) is 0 Å². The van der Waals surface area contributed by atoms with Gasteiger partial charge in [-0.1, -0.05) is 35.9 Å². The smallest absolute Gasteiger partial charge is 0.216 e. The van der Waals surface area contributed by atoms with E-state index >= 15 is 0 Å². The van der Waals surface area contributed by atoms with E-state index in [1.54, 1.807) is 32.3 Å². The fourth-order valence-corrected chi connectivity index (χ4v) is 3.86. The molecule has 0 spiro atoms. The first kappa shape index (κ1) is 17.7. The lowest BCUT2D eigenvalue weighted by molar-refractivity contribution is 0.569. The topological polar surface area (TPSA) is 71.1 Å². The number of nitrogens with zero attached hydrogens (tertiary/aromatic N) is 1. The largest absolute Gasteiger partial charge is 0.380 e. The van der Waals surface area contributed by atoms with Crippen LogP contribution in [0, 0.1) is 0 Å². The maximum atomic E-state index is 12.1. The van der Waals surface area contributed by atoms with E-state index in [9.17, 15) is 8.42 Å². The molecule has 0 aliphatic carbocycles. The van der Waals surface area contributed by atoms with Gasteiger partial charge in [0.25, 0.3) is 0 Å². The van der Waals surface area contributed by atoms with Gasteiger partial charge in [0.2, 0.25) is 10.0 Å². The van der Waals surface area contributed by atoms with E-state index in [1.165, 1.54) is 0 Å². The molecule has 0 saturated heterocycles. The van der Waals surface area contributed by atoms with Gasteiger partial charge >= 0.3 is 0 Å². The molecule has 124 valence electrons. The zero-order valence-electron chi connectivity index (χ0n) is 13.1. The first-order valence-corrected chi connectivity index (χ1v) is 9.30. The molecule has 1 heterocycles. The second-order valence-electron chi connectivity index (χ2n) is 5.51. The summed E-state index contributed by atoms with van der Waals surface area (Å²) < 4.78 is 26.9. The molecule has 1 aromatic carbocycles. The van der Waals surface area contributed by atoms with Gasteiger partial charge < -0.3 is 5.32 Å². The Morgan fingerprint density at radius 1 is 1.17 bits per heavy atom. The molecular formula is C16H20ClN3O2S. The Hall–Kier alpha value is -1.63. The highest BCUT2D eigenvalue weighted by atomic mass is 35.5. The molecule has 2 aromatic rings. The second-order valence-corrected chi connectivity index (χ2v) is 7.67. The van der Waals surface area contributed by atoms with Gasteiger partial charge in [-0.3, -0.25) is 4.98 Å². The summed E-state index contributed by atoms with van der Waals surface area (Å²) in [7, 11) is -3.36. The highest BCUT2D eigenvalue weighted by molar-refractivity contribution is 7.88. The quantitative estimate of drug-likeness (QED) is 0.802. The van der Waals surface area contributed by atoms with E-state index in [-0.39, 0.29) is 11.8 Å². The number of pyridine rings is 1. The average molecular weight is 354 g/mol. The van der Waals surface area contributed by atoms with Crippen LogP contribution in [0.3, 0.4) is 0 Å². The van der Waals surface area contributed by atoms with E-state index in [0.29, 0.717) is 11.6 Å². The summed E-state index contributed by atoms with van der Waals surface area (Å²) in [4.78, 5) is 3.93. The van der Waals surface area contributed by atoms with Gasteiger partial charge in [0.05, 0.1) is 16.5 Å². The Morgan fingerprint density at radius 2 is 1.87 bits per heavy atom. The van der Waals surface area contributed by atoms with Crippen LogP contribution in [0.25, 0.3) is 0 Å². The first-order chi connectivity index (χ1) is 10.9. The van der Waals surface area contributed by atoms with Crippen molar-refractivity contribution in [2.45, 2.75) is 32.2 Å². The Balaban J connectivity index is 2.13. The fraction of sp³-hybridized carbons (Fsp3) is 0.312. The predicted molar refractivity (Wildman–Crippen MR) is 93.9 cm³/mol. The number of hydrogen-bond donors (Lipinski definition) is 2. The summed E-state index contributed by atoms with van der Waals surface area (Å²) in [5.41, 5.74) is 2.44. The van der Waals surface area contributed by atoms with Crippen LogP contribution in [0.1, 0.15) is 25.0 Å². The number of rotatable bonds is 7. The van der Waals surface area contributed by atoms with E-state index < -0.39 is 10.0 Å². The summed E-state index contributed by atoms with van der Waals surface area (Å²) in [5, 5.41) is 3.74. The summed E-state index contributed by atoms with van der Waals surface area (Å²) in [6.45, 7) is 4.09. The third kappa shape index (κ3) is 5.49. The van der Waals surface area contributed by atoms with Gasteiger partial charge in [-0.15, -0.1) is 0 Å². The Bertz CT molecular complexity index is 763. The SMILES string of the molecule is CC(C)NS(=O)(=O)Cc1ccccc1CNc1ccncc1Cl. The van der Waals surface area contributed by atoms with Gasteiger partial charge in [-0.05, 0) is 31.0 Å². The summed E-state index contributed by atoms with van der Waals surface area (Å²) in [6.07, 6.45) is 3.21. The molecule has 0 aliphatic heterocycles. The van der Waals surface area contributed by atoms with Crippen LogP contribution in [0.4, 0.5) is 5.69 Å². The molecule has 0 bridgehead atoms. The molecular weight excluding hydrogens is 334 g/mol. The third-order valence-corrected chi connectivity index (χ3v) is 4.94. The lowest BCUT2D eigenvalue weighted by atomic mass is 10.1. The van der Waals surface area contributed by atoms with Crippen molar-refractivity contribution in [1.29, 1.82) is 0 Å². The number of nitrogens with one attached hydrogen (secondary N) is 2. The monoisotopic (exact) mass is 353 g/mol. The number of halogens is 1. The van der Waals surface area contributed by atoms with Crippen molar-refractivity contribution in [3.63, 3.8) is 0 Å². The summed E-state index contributed by atoms with van der Waals surface area (Å²) in [5.74, 6) is -0.0485. The van der Waals surface area contributed by atoms with Crippen molar-refractivity contribution in [3.8, 4) is 0 Å². The van der Waals surface area contributed by atoms with Crippen LogP contribution in [-0.2, 0) is 22.3 Å². The zero-order chi connectivity index (χ0) is 16.9. The van der Waals surface area contributed by atoms with E-state index in [0.717, 1.165) is 16.8 Å². The lowest BCUT2D eigenvalue weighted by Crippen LogP contribution is -2.31. The molecule has 0 atom stereocenters. The lowest BCUT2D eigenvalue weighted by Gasteiger charge is -2.14. The van der Waals surface area contributed by atoms with Crippen molar-refractivity contribution < 1.29 is 8.42 Å². The Kier molecular flexibility index (Phi) is 5.98. The van der Waals surface area contributed by atoms with Crippen molar-refractivity contribution in [2.24, 2.45) is 0 Å². The summed E-state index contributed by atoms with van der Waals surface area (Å²) >= 11 is 6.06. The standard InChI is InChI=1S/C16H20ClN3O2S/c1-12(2)20-23(21,22)11-14-6-4-3-5-13(14)9-19-16-7-8-18-10-15(16)17/h3-8,10,12,20H,9,11H2,1-2H3,(H,18,19). The van der Waals surface area contributed by atoms with Crippen molar-refractivity contribution in [3.05, 3.63) is 58.9 Å². The number of hydrogen-bond acceptors (Lipinski definition) is 4. The van der Waals surface area contributed by atoms with Crippen LogP contribution < -0.4 is 10.0 Å². The third-order valence-electron chi connectivity index (χ3n) is 3.12. The maximum absolute atomic E-state index is 12.1. The van der Waals surface area contributed by atoms with Gasteiger partial charge in [-0.25, -0.2) is 13.1 Å². The Labute approximate surface area is 142 Å². The van der Waals surface area contributed by atoms with Gasteiger partial charge in [0, 0.05) is 25.0 Å². The molecule has 2 N–H and O–H groups in total. The molecule has 2 rings (SSSR count). The van der Waals surface area contributed by atoms with Gasteiger partial charge in [0.15, 0.2) is 0 Å². The maximum Gasteiger partial charge on any atom is 0.216 e. The molecule has 0 saturated carbocycles. The van der Waals surface area contributed by atoms with Crippen LogP contribution in [0.2, 0.25) is 5.02 Å². The normalized spacial score (nSPS) is 11.7. The molecule has 0 unspecified atom stereocenters. The minimum absolute atomic E-state index is 0.0485. The van der Waals surface area contributed by atoms with Crippen LogP contribution in [0.15, 0.2) is 42.7 Å². The van der Waals surface area contributed by atoms with Crippen molar-refractivity contribution >= 4 is 27.3 Å². The number of sulfonamides is 1. The minimum atomic E-state index is -3.36. The van der Waals surface area contributed by atoms with Crippen molar-refractivity contribution in [1.82, 2.24) is 9.71 Å². The number of benzene rings is 1. The van der Waals surface area contributed by atoms with E-state index in [4.69, 9.17) is 11.6 Å². The molecule has 0 amide bonds. The highest BCUT2D eigenvalue weighted by Gasteiger charge is 2.15. The minimum Gasteiger partial charge on any atom is -0.380 e. The average Bonchev–Trinajstić information content (AvgIpc) is 2.46. The predicted octanol–water partition coefficient (Wildman–Crippen LogP) is 3.17. The number of aromatic nitrogens is 1. The van der Waals surface area contributed by atoms with Crippen LogP contribution in [0.5, 0.6) is 0 Å². The molecule has 1 aromatic heterocycles. The van der Waals surface area contributed by atoms with Crippen molar-refractivity contribution in [2.75, 3.05) is 5.32 Å². The highest BCUT2D eigenvalue weighted by Crippen LogP contribution is 2.21. The fourth-order valence-electron chi connectivity index (χ4n) is 2.19. The molecule has 0 fully saturated rings. The van der Waals surface area contributed by atoms with Crippen LogP contribution >= 0.6 is 11.6 Å². The second kappa shape index (κ2) is 7.77. The van der Waals surface area contributed by atoms with Crippen LogP contribution in [-0.4, -0.2) is 19.4 Å². The van der Waals surface area contributed by atoms with Gasteiger partial charge in [-0.2, -0.15) is 0 Å². The molecule has 7 heteroatoms.